The minimum atomic E-state index is -0.999. The highest BCUT2D eigenvalue weighted by Crippen LogP contribution is 2.11. The van der Waals surface area contributed by atoms with Crippen LogP contribution in [0, 0.1) is 5.82 Å². The lowest BCUT2D eigenvalue weighted by Crippen LogP contribution is -2.38. The van der Waals surface area contributed by atoms with E-state index in [9.17, 15) is 18.8 Å². The number of carbonyl (C=O) groups is 2. The Labute approximate surface area is 166 Å². The summed E-state index contributed by atoms with van der Waals surface area (Å²) in [5, 5.41) is 2.68. The zero-order chi connectivity index (χ0) is 21.0. The summed E-state index contributed by atoms with van der Waals surface area (Å²) in [6, 6.07) is 13.1. The van der Waals surface area contributed by atoms with Gasteiger partial charge in [-0.25, -0.2) is 9.18 Å². The number of hydrogen-bond acceptors (Lipinski definition) is 4. The van der Waals surface area contributed by atoms with Crippen molar-refractivity contribution < 1.29 is 18.7 Å². The van der Waals surface area contributed by atoms with Crippen LogP contribution in [0.15, 0.2) is 53.3 Å². The second-order valence-electron chi connectivity index (χ2n) is 6.72. The fourth-order valence-electron chi connectivity index (χ4n) is 3.06. The summed E-state index contributed by atoms with van der Waals surface area (Å²) in [5.74, 6) is -1.43. The van der Waals surface area contributed by atoms with Gasteiger partial charge in [0.2, 0.25) is 0 Å². The summed E-state index contributed by atoms with van der Waals surface area (Å²) in [6.07, 6.45) is -0.473. The normalized spacial score (nSPS) is 12.0. The van der Waals surface area contributed by atoms with Crippen LogP contribution in [0.2, 0.25) is 0 Å². The molecule has 0 aliphatic heterocycles. The molecule has 2 aromatic carbocycles. The molecule has 0 bridgehead atoms. The van der Waals surface area contributed by atoms with Crippen LogP contribution in [0.1, 0.15) is 12.5 Å². The van der Waals surface area contributed by atoms with E-state index in [0.717, 1.165) is 5.56 Å². The van der Waals surface area contributed by atoms with Crippen molar-refractivity contribution in [1.82, 2.24) is 14.5 Å². The van der Waals surface area contributed by atoms with E-state index >= 15 is 0 Å². The number of halogens is 1. The van der Waals surface area contributed by atoms with Gasteiger partial charge in [0.25, 0.3) is 5.91 Å². The number of esters is 1. The molecule has 7 nitrogen and oxygen atoms in total. The molecule has 0 aliphatic carbocycles. The molecule has 1 N–H and O–H groups in total. The van der Waals surface area contributed by atoms with Crippen molar-refractivity contribution in [3.63, 3.8) is 0 Å². The third kappa shape index (κ3) is 4.71. The maximum atomic E-state index is 12.9. The predicted octanol–water partition coefficient (Wildman–Crippen LogP) is 1.77. The van der Waals surface area contributed by atoms with Crippen molar-refractivity contribution in [3.05, 3.63) is 70.4 Å². The maximum absolute atomic E-state index is 12.9. The summed E-state index contributed by atoms with van der Waals surface area (Å²) >= 11 is 0. The molecule has 1 atom stereocenters. The van der Waals surface area contributed by atoms with Crippen LogP contribution in [0.3, 0.4) is 0 Å². The predicted molar refractivity (Wildman–Crippen MR) is 106 cm³/mol. The Bertz CT molecular complexity index is 1090. The molecule has 0 saturated heterocycles. The highest BCUT2D eigenvalue weighted by molar-refractivity contribution is 5.84. The third-order valence-corrected chi connectivity index (χ3v) is 4.64. The van der Waals surface area contributed by atoms with Gasteiger partial charge in [0.1, 0.15) is 12.4 Å². The molecule has 3 rings (SSSR count). The maximum Gasteiger partial charge on any atom is 0.329 e. The molecule has 1 amide bonds. The number of para-hydroxylation sites is 2. The van der Waals surface area contributed by atoms with E-state index in [2.05, 4.69) is 5.32 Å². The van der Waals surface area contributed by atoms with Crippen LogP contribution in [-0.4, -0.2) is 33.7 Å². The molecule has 0 aliphatic rings. The van der Waals surface area contributed by atoms with E-state index in [-0.39, 0.29) is 18.1 Å². The van der Waals surface area contributed by atoms with Crippen molar-refractivity contribution in [2.45, 2.75) is 26.0 Å². The van der Waals surface area contributed by atoms with E-state index in [1.165, 1.54) is 28.2 Å². The summed E-state index contributed by atoms with van der Waals surface area (Å²) in [5.41, 5.74) is 1.87. The highest BCUT2D eigenvalue weighted by atomic mass is 19.1. The average molecular weight is 399 g/mol. The molecule has 3 aromatic rings. The van der Waals surface area contributed by atoms with E-state index < -0.39 is 18.0 Å². The second-order valence-corrected chi connectivity index (χ2v) is 6.72. The van der Waals surface area contributed by atoms with Crippen molar-refractivity contribution in [3.8, 4) is 0 Å². The van der Waals surface area contributed by atoms with Gasteiger partial charge in [-0.2, -0.15) is 0 Å². The molecular formula is C21H22FN3O4. The van der Waals surface area contributed by atoms with Crippen LogP contribution in [0.4, 0.5) is 4.39 Å². The van der Waals surface area contributed by atoms with E-state index in [1.807, 2.05) is 6.07 Å². The zero-order valence-corrected chi connectivity index (χ0v) is 16.2. The first-order valence-corrected chi connectivity index (χ1v) is 9.22. The monoisotopic (exact) mass is 399 g/mol. The molecule has 0 radical (unpaired) electrons. The molecule has 8 heteroatoms. The quantitative estimate of drug-likeness (QED) is 0.614. The zero-order valence-electron chi connectivity index (χ0n) is 16.2. The molecule has 1 unspecified atom stereocenters. The number of benzene rings is 2. The fraction of sp³-hybridized carbons (Fsp3) is 0.286. The number of carbonyl (C=O) groups excluding carboxylic acids is 2. The number of imidazole rings is 1. The van der Waals surface area contributed by atoms with E-state index in [0.29, 0.717) is 24.0 Å². The summed E-state index contributed by atoms with van der Waals surface area (Å²) in [4.78, 5) is 36.7. The standard InChI is InChI=1S/C21H22FN3O4/c1-14(20(27)23-12-11-15-7-9-16(22)10-8-15)29-19(26)13-25-18-6-4-3-5-17(18)24(2)21(25)28/h3-10,14H,11-13H2,1-2H3,(H,23,27). The van der Waals surface area contributed by atoms with Crippen LogP contribution in [0.5, 0.6) is 0 Å². The van der Waals surface area contributed by atoms with Crippen LogP contribution >= 0.6 is 0 Å². The summed E-state index contributed by atoms with van der Waals surface area (Å²) in [6.45, 7) is 1.51. The Hall–Kier alpha value is -3.42. The second kappa shape index (κ2) is 8.72. The molecule has 0 fully saturated rings. The number of nitrogens with one attached hydrogen (secondary N) is 1. The lowest BCUT2D eigenvalue weighted by molar-refractivity contribution is -0.155. The average Bonchev–Trinajstić information content (AvgIpc) is 2.94. The van der Waals surface area contributed by atoms with Gasteiger partial charge in [0.05, 0.1) is 11.0 Å². The first-order valence-electron chi connectivity index (χ1n) is 9.22. The van der Waals surface area contributed by atoms with Gasteiger partial charge >= 0.3 is 11.7 Å². The summed E-state index contributed by atoms with van der Waals surface area (Å²) in [7, 11) is 1.63. The molecule has 0 spiro atoms. The molecule has 0 saturated carbocycles. The number of rotatable bonds is 7. The number of amides is 1. The first-order chi connectivity index (χ1) is 13.9. The minimum Gasteiger partial charge on any atom is -0.451 e. The van der Waals surface area contributed by atoms with E-state index in [1.54, 1.807) is 37.4 Å². The van der Waals surface area contributed by atoms with Crippen LogP contribution in [0.25, 0.3) is 11.0 Å². The van der Waals surface area contributed by atoms with Gasteiger partial charge in [-0.1, -0.05) is 24.3 Å². The lowest BCUT2D eigenvalue weighted by atomic mass is 10.1. The van der Waals surface area contributed by atoms with Gasteiger partial charge in [-0.15, -0.1) is 0 Å². The van der Waals surface area contributed by atoms with Gasteiger partial charge in [0.15, 0.2) is 6.10 Å². The number of fused-ring (bicyclic) bond motifs is 1. The van der Waals surface area contributed by atoms with Crippen LogP contribution in [-0.2, 0) is 34.3 Å². The number of ether oxygens (including phenoxy) is 1. The number of aryl methyl sites for hydroxylation is 1. The summed E-state index contributed by atoms with van der Waals surface area (Å²) < 4.78 is 20.8. The molecule has 1 aromatic heterocycles. The fourth-order valence-corrected chi connectivity index (χ4v) is 3.06. The first kappa shape index (κ1) is 20.3. The van der Waals surface area contributed by atoms with Gasteiger partial charge < -0.3 is 10.1 Å². The molecular weight excluding hydrogens is 377 g/mol. The Morgan fingerprint density at radius 3 is 2.45 bits per heavy atom. The number of aromatic nitrogens is 2. The van der Waals surface area contributed by atoms with Crippen molar-refractivity contribution >= 4 is 22.9 Å². The highest BCUT2D eigenvalue weighted by Gasteiger charge is 2.20. The molecule has 29 heavy (non-hydrogen) atoms. The van der Waals surface area contributed by atoms with Crippen molar-refractivity contribution in [2.24, 2.45) is 7.05 Å². The lowest BCUT2D eigenvalue weighted by Gasteiger charge is -2.14. The smallest absolute Gasteiger partial charge is 0.329 e. The number of hydrogen-bond donors (Lipinski definition) is 1. The third-order valence-electron chi connectivity index (χ3n) is 4.64. The molecule has 1 heterocycles. The van der Waals surface area contributed by atoms with E-state index in [4.69, 9.17) is 4.74 Å². The SMILES string of the molecule is CC(OC(=O)Cn1c(=O)n(C)c2ccccc21)C(=O)NCCc1ccc(F)cc1. The minimum absolute atomic E-state index is 0.284. The largest absolute Gasteiger partial charge is 0.451 e. The Balaban J connectivity index is 1.54. The molecule has 152 valence electrons. The topological polar surface area (TPSA) is 82.3 Å². The van der Waals surface area contributed by atoms with Crippen molar-refractivity contribution in [2.75, 3.05) is 6.54 Å². The van der Waals surface area contributed by atoms with Crippen LogP contribution < -0.4 is 11.0 Å². The van der Waals surface area contributed by atoms with Crippen molar-refractivity contribution in [1.29, 1.82) is 0 Å². The Morgan fingerprint density at radius 2 is 1.76 bits per heavy atom. The van der Waals surface area contributed by atoms with Gasteiger partial charge in [0, 0.05) is 13.6 Å². The van der Waals surface area contributed by atoms with Gasteiger partial charge in [-0.05, 0) is 43.2 Å². The Kier molecular flexibility index (Phi) is 6.11. The van der Waals surface area contributed by atoms with Gasteiger partial charge in [-0.3, -0.25) is 18.7 Å². The number of nitrogens with zero attached hydrogens (tertiary/aromatic N) is 2. The Morgan fingerprint density at radius 1 is 1.10 bits per heavy atom.